The van der Waals surface area contributed by atoms with Gasteiger partial charge in [-0.3, -0.25) is 14.9 Å². The van der Waals surface area contributed by atoms with E-state index in [9.17, 15) is 9.59 Å². The average Bonchev–Trinajstić information content (AvgIpc) is 2.27. The summed E-state index contributed by atoms with van der Waals surface area (Å²) in [4.78, 5) is 23.4. The summed E-state index contributed by atoms with van der Waals surface area (Å²) in [5, 5.41) is 2.31. The zero-order chi connectivity index (χ0) is 10.0. The Labute approximate surface area is 82.0 Å². The molecule has 1 N–H and O–H groups in total. The summed E-state index contributed by atoms with van der Waals surface area (Å²) < 4.78 is 0. The summed E-state index contributed by atoms with van der Waals surface area (Å²) in [5.41, 5.74) is 0.636. The molecule has 13 heavy (non-hydrogen) atoms. The predicted molar refractivity (Wildman–Crippen MR) is 53.1 cm³/mol. The summed E-state index contributed by atoms with van der Waals surface area (Å²) in [7, 11) is 0. The molecule has 72 valence electrons. The standard InChI is InChI=1S/C9H13NO2S/c1-4-13-6(3)7-5(2)8(11)10-9(7)12/h5H,4H2,1-3H3,(H,10,11,12). The highest BCUT2D eigenvalue weighted by Crippen LogP contribution is 2.27. The molecule has 0 aliphatic carbocycles. The number of carbonyl (C=O) groups excluding carboxylic acids is 2. The first-order valence-electron chi connectivity index (χ1n) is 4.26. The van der Waals surface area contributed by atoms with Crippen LogP contribution in [-0.4, -0.2) is 17.6 Å². The van der Waals surface area contributed by atoms with Crippen molar-refractivity contribution < 1.29 is 9.59 Å². The second kappa shape index (κ2) is 3.96. The first-order valence-corrected chi connectivity index (χ1v) is 5.25. The molecule has 1 aliphatic heterocycles. The summed E-state index contributed by atoms with van der Waals surface area (Å²) in [5.74, 6) is 0.224. The Morgan fingerprint density at radius 1 is 1.54 bits per heavy atom. The molecular weight excluding hydrogens is 186 g/mol. The number of nitrogens with one attached hydrogen (secondary N) is 1. The fraction of sp³-hybridized carbons (Fsp3) is 0.556. The Bertz CT molecular complexity index is 283. The van der Waals surface area contributed by atoms with Gasteiger partial charge >= 0.3 is 0 Å². The van der Waals surface area contributed by atoms with Gasteiger partial charge in [-0.25, -0.2) is 0 Å². The minimum atomic E-state index is -0.286. The maximum absolute atomic E-state index is 11.3. The summed E-state index contributed by atoms with van der Waals surface area (Å²) in [6.45, 7) is 5.67. The quantitative estimate of drug-likeness (QED) is 0.538. The van der Waals surface area contributed by atoms with Crippen molar-refractivity contribution in [1.29, 1.82) is 0 Å². The second-order valence-electron chi connectivity index (χ2n) is 2.94. The highest BCUT2D eigenvalue weighted by molar-refractivity contribution is 8.03. The largest absolute Gasteiger partial charge is 0.292 e. The van der Waals surface area contributed by atoms with Crippen LogP contribution < -0.4 is 5.32 Å². The van der Waals surface area contributed by atoms with Gasteiger partial charge in [-0.15, -0.1) is 11.8 Å². The van der Waals surface area contributed by atoms with Crippen LogP contribution in [0.5, 0.6) is 0 Å². The SMILES string of the molecule is CCSC(C)=C1C(=O)NC(=O)C1C. The molecule has 0 aromatic rings. The third kappa shape index (κ3) is 1.94. The number of rotatable bonds is 2. The van der Waals surface area contributed by atoms with E-state index in [1.165, 1.54) is 0 Å². The van der Waals surface area contributed by atoms with Crippen LogP contribution in [0.15, 0.2) is 10.5 Å². The van der Waals surface area contributed by atoms with Gasteiger partial charge in [-0.05, 0) is 24.5 Å². The van der Waals surface area contributed by atoms with Gasteiger partial charge in [0.15, 0.2) is 0 Å². The van der Waals surface area contributed by atoms with Gasteiger partial charge in [0.2, 0.25) is 5.91 Å². The number of hydrogen-bond donors (Lipinski definition) is 1. The topological polar surface area (TPSA) is 46.2 Å². The van der Waals surface area contributed by atoms with Gasteiger partial charge in [0.05, 0.1) is 5.92 Å². The lowest BCUT2D eigenvalue weighted by Gasteiger charge is -2.04. The molecule has 1 saturated heterocycles. The molecule has 0 saturated carbocycles. The van der Waals surface area contributed by atoms with Crippen molar-refractivity contribution in [3.05, 3.63) is 10.5 Å². The molecule has 1 heterocycles. The Balaban J connectivity index is 2.96. The lowest BCUT2D eigenvalue weighted by molar-refractivity contribution is -0.125. The van der Waals surface area contributed by atoms with E-state index in [0.29, 0.717) is 5.57 Å². The average molecular weight is 199 g/mol. The van der Waals surface area contributed by atoms with E-state index < -0.39 is 0 Å². The monoisotopic (exact) mass is 199 g/mol. The summed E-state index contributed by atoms with van der Waals surface area (Å²) in [6.07, 6.45) is 0. The molecule has 1 aliphatic rings. The van der Waals surface area contributed by atoms with E-state index >= 15 is 0 Å². The number of carbonyl (C=O) groups is 2. The Morgan fingerprint density at radius 3 is 2.54 bits per heavy atom. The molecule has 3 nitrogen and oxygen atoms in total. The molecule has 1 unspecified atom stereocenters. The van der Waals surface area contributed by atoms with E-state index in [-0.39, 0.29) is 17.7 Å². The molecule has 0 radical (unpaired) electrons. The first kappa shape index (κ1) is 10.3. The van der Waals surface area contributed by atoms with Crippen LogP contribution >= 0.6 is 11.8 Å². The van der Waals surface area contributed by atoms with Crippen molar-refractivity contribution in [3.63, 3.8) is 0 Å². The molecule has 1 atom stereocenters. The van der Waals surface area contributed by atoms with Crippen LogP contribution in [0.25, 0.3) is 0 Å². The minimum absolute atomic E-state index is 0.184. The Kier molecular flexibility index (Phi) is 3.14. The van der Waals surface area contributed by atoms with Crippen molar-refractivity contribution in [1.82, 2.24) is 5.32 Å². The maximum atomic E-state index is 11.3. The van der Waals surface area contributed by atoms with E-state index in [1.54, 1.807) is 18.7 Å². The van der Waals surface area contributed by atoms with Gasteiger partial charge in [-0.2, -0.15) is 0 Å². The van der Waals surface area contributed by atoms with Crippen molar-refractivity contribution in [2.24, 2.45) is 5.92 Å². The van der Waals surface area contributed by atoms with Crippen LogP contribution in [-0.2, 0) is 9.59 Å². The van der Waals surface area contributed by atoms with Gasteiger partial charge in [-0.1, -0.05) is 6.92 Å². The number of hydrogen-bond acceptors (Lipinski definition) is 3. The molecule has 1 rings (SSSR count). The fourth-order valence-corrected chi connectivity index (χ4v) is 2.23. The van der Waals surface area contributed by atoms with Gasteiger partial charge in [0, 0.05) is 5.57 Å². The zero-order valence-corrected chi connectivity index (χ0v) is 8.83. The van der Waals surface area contributed by atoms with Crippen molar-refractivity contribution in [2.75, 3.05) is 5.75 Å². The molecule has 0 aromatic carbocycles. The summed E-state index contributed by atoms with van der Waals surface area (Å²) in [6, 6.07) is 0. The van der Waals surface area contributed by atoms with Crippen LogP contribution in [0, 0.1) is 5.92 Å². The third-order valence-corrected chi connectivity index (χ3v) is 2.99. The lowest BCUT2D eigenvalue weighted by Crippen LogP contribution is -2.21. The van der Waals surface area contributed by atoms with E-state index in [0.717, 1.165) is 10.7 Å². The van der Waals surface area contributed by atoms with E-state index in [2.05, 4.69) is 5.32 Å². The second-order valence-corrected chi connectivity index (χ2v) is 4.42. The van der Waals surface area contributed by atoms with E-state index in [4.69, 9.17) is 0 Å². The minimum Gasteiger partial charge on any atom is -0.292 e. The van der Waals surface area contributed by atoms with Gasteiger partial charge in [0.25, 0.3) is 5.91 Å². The van der Waals surface area contributed by atoms with E-state index in [1.807, 2.05) is 13.8 Å². The van der Waals surface area contributed by atoms with Crippen molar-refractivity contribution in [3.8, 4) is 0 Å². The lowest BCUT2D eigenvalue weighted by atomic mass is 10.0. The Hall–Kier alpha value is -0.770. The number of allylic oxidation sites excluding steroid dienone is 1. The number of thioether (sulfide) groups is 1. The highest BCUT2D eigenvalue weighted by atomic mass is 32.2. The normalized spacial score (nSPS) is 26.2. The molecule has 1 fully saturated rings. The first-order chi connectivity index (χ1) is 6.07. The Morgan fingerprint density at radius 2 is 2.15 bits per heavy atom. The molecule has 0 aromatic heterocycles. The zero-order valence-electron chi connectivity index (χ0n) is 8.01. The van der Waals surface area contributed by atoms with Crippen molar-refractivity contribution >= 4 is 23.6 Å². The molecule has 0 bridgehead atoms. The molecular formula is C9H13NO2S. The number of amides is 2. The summed E-state index contributed by atoms with van der Waals surface area (Å²) >= 11 is 1.60. The fourth-order valence-electron chi connectivity index (χ4n) is 1.37. The molecule has 0 spiro atoms. The molecule has 2 amide bonds. The van der Waals surface area contributed by atoms with Crippen LogP contribution in [0.2, 0.25) is 0 Å². The third-order valence-electron chi connectivity index (χ3n) is 2.05. The van der Waals surface area contributed by atoms with Gasteiger partial charge < -0.3 is 0 Å². The highest BCUT2D eigenvalue weighted by Gasteiger charge is 2.33. The number of imide groups is 1. The van der Waals surface area contributed by atoms with Crippen molar-refractivity contribution in [2.45, 2.75) is 20.8 Å². The maximum Gasteiger partial charge on any atom is 0.255 e. The smallest absolute Gasteiger partial charge is 0.255 e. The van der Waals surface area contributed by atoms with Crippen LogP contribution in [0.1, 0.15) is 20.8 Å². The van der Waals surface area contributed by atoms with Crippen LogP contribution in [0.3, 0.4) is 0 Å². The van der Waals surface area contributed by atoms with Crippen LogP contribution in [0.4, 0.5) is 0 Å². The predicted octanol–water partition coefficient (Wildman–Crippen LogP) is 1.31. The molecule has 4 heteroatoms. The van der Waals surface area contributed by atoms with Gasteiger partial charge in [0.1, 0.15) is 0 Å².